The largest absolute Gasteiger partial charge is 0.439 e. The average Bonchev–Trinajstić information content (AvgIpc) is 2.71. The number of aryl methyl sites for hydroxylation is 4. The second kappa shape index (κ2) is 10.8. The number of aliphatic hydroxyl groups is 3. The molecule has 0 saturated carbocycles. The summed E-state index contributed by atoms with van der Waals surface area (Å²) in [6.07, 6.45) is -9.55. The van der Waals surface area contributed by atoms with Gasteiger partial charge in [-0.3, -0.25) is 10.6 Å². The first-order chi connectivity index (χ1) is 16.0. The molecule has 2 aromatic carbocycles. The number of anilines is 2. The third-order valence-corrected chi connectivity index (χ3v) is 5.24. The van der Waals surface area contributed by atoms with Crippen LogP contribution in [0.15, 0.2) is 36.4 Å². The van der Waals surface area contributed by atoms with Crippen LogP contribution in [0.25, 0.3) is 0 Å². The lowest BCUT2D eigenvalue weighted by atomic mass is 9.99. The minimum absolute atomic E-state index is 0.465. The topological polar surface area (TPSA) is 147 Å². The lowest BCUT2D eigenvalue weighted by Crippen LogP contribution is -2.61. The van der Waals surface area contributed by atoms with Crippen molar-refractivity contribution in [2.75, 3.05) is 17.2 Å². The maximum absolute atomic E-state index is 12.6. The van der Waals surface area contributed by atoms with E-state index < -0.39 is 49.5 Å². The molecule has 0 bridgehead atoms. The Morgan fingerprint density at radius 2 is 1.21 bits per heavy atom. The fourth-order valence-electron chi connectivity index (χ4n) is 3.95. The molecular weight excluding hydrogens is 444 g/mol. The molecule has 184 valence electrons. The number of rotatable bonds is 5. The highest BCUT2D eigenvalue weighted by Gasteiger charge is 2.49. The molecule has 0 radical (unpaired) electrons. The number of carbonyl (C=O) groups excluding carboxylic acids is 2. The molecule has 2 amide bonds. The van der Waals surface area contributed by atoms with Gasteiger partial charge in [-0.05, 0) is 74.2 Å². The maximum atomic E-state index is 12.6. The standard InChI is InChI=1S/C24H30N2O8/c1-12-5-13(2)8-16(7-12)25-23(30)33-20-19(28)18(11-27)32-22(29)21(20)34-24(31)26-17-9-14(3)6-15(4)10-17/h5-10,18-22,27-29H,11H2,1-4H3,(H,25,30)(H,26,31)/t18-,19-,20+,21-,22-/m1/s1. The fourth-order valence-corrected chi connectivity index (χ4v) is 3.95. The molecule has 0 unspecified atom stereocenters. The molecule has 5 N–H and O–H groups in total. The molecule has 1 heterocycles. The molecule has 0 aromatic heterocycles. The average molecular weight is 475 g/mol. The normalized spacial score (nSPS) is 24.3. The van der Waals surface area contributed by atoms with Crippen LogP contribution in [0.4, 0.5) is 21.0 Å². The first-order valence-corrected chi connectivity index (χ1v) is 10.8. The Morgan fingerprint density at radius 1 is 0.794 bits per heavy atom. The lowest BCUT2D eigenvalue weighted by Gasteiger charge is -2.40. The van der Waals surface area contributed by atoms with Gasteiger partial charge in [-0.1, -0.05) is 12.1 Å². The predicted molar refractivity (Wildman–Crippen MR) is 124 cm³/mol. The molecule has 1 saturated heterocycles. The smallest absolute Gasteiger partial charge is 0.412 e. The molecule has 0 aliphatic carbocycles. The Balaban J connectivity index is 1.74. The number of amides is 2. The Kier molecular flexibility index (Phi) is 8.11. The molecule has 0 spiro atoms. The van der Waals surface area contributed by atoms with E-state index >= 15 is 0 Å². The van der Waals surface area contributed by atoms with Crippen molar-refractivity contribution in [3.05, 3.63) is 58.7 Å². The van der Waals surface area contributed by atoms with E-state index in [9.17, 15) is 24.9 Å². The highest BCUT2D eigenvalue weighted by Crippen LogP contribution is 2.26. The van der Waals surface area contributed by atoms with Gasteiger partial charge >= 0.3 is 12.2 Å². The van der Waals surface area contributed by atoms with Crippen LogP contribution in [-0.4, -0.2) is 64.8 Å². The van der Waals surface area contributed by atoms with E-state index in [1.165, 1.54) is 0 Å². The minimum Gasteiger partial charge on any atom is -0.439 e. The molecule has 1 aliphatic heterocycles. The molecule has 34 heavy (non-hydrogen) atoms. The SMILES string of the molecule is Cc1cc(C)cc(NC(=O)O[C@@H]2[C@@H](OC(=O)Nc3cc(C)cc(C)c3)[C@H](O)[C@@H](CO)O[C@H]2O)c1. The van der Waals surface area contributed by atoms with E-state index in [2.05, 4.69) is 10.6 Å². The van der Waals surface area contributed by atoms with Crippen LogP contribution in [0, 0.1) is 27.7 Å². The summed E-state index contributed by atoms with van der Waals surface area (Å²) < 4.78 is 15.8. The lowest BCUT2D eigenvalue weighted by molar-refractivity contribution is -0.283. The number of ether oxygens (including phenoxy) is 3. The number of hydrogen-bond donors (Lipinski definition) is 5. The van der Waals surface area contributed by atoms with Crippen LogP contribution in [0.2, 0.25) is 0 Å². The van der Waals surface area contributed by atoms with E-state index in [4.69, 9.17) is 14.2 Å². The quantitative estimate of drug-likeness (QED) is 0.444. The van der Waals surface area contributed by atoms with Crippen molar-refractivity contribution in [1.82, 2.24) is 0 Å². The van der Waals surface area contributed by atoms with Crippen molar-refractivity contribution in [2.45, 2.75) is 58.4 Å². The van der Waals surface area contributed by atoms with Gasteiger partial charge in [0.1, 0.15) is 12.2 Å². The fraction of sp³-hybridized carbons (Fsp3) is 0.417. The predicted octanol–water partition coefficient (Wildman–Crippen LogP) is 2.53. The minimum atomic E-state index is -1.76. The number of carbonyl (C=O) groups is 2. The molecule has 5 atom stereocenters. The third kappa shape index (κ3) is 6.45. The second-order valence-corrected chi connectivity index (χ2v) is 8.48. The van der Waals surface area contributed by atoms with Crippen molar-refractivity contribution in [3.63, 3.8) is 0 Å². The summed E-state index contributed by atoms with van der Waals surface area (Å²) in [6.45, 7) is 6.81. The second-order valence-electron chi connectivity index (χ2n) is 8.48. The zero-order valence-corrected chi connectivity index (χ0v) is 19.4. The van der Waals surface area contributed by atoms with Crippen molar-refractivity contribution in [1.29, 1.82) is 0 Å². The van der Waals surface area contributed by atoms with E-state index in [1.54, 1.807) is 24.3 Å². The van der Waals surface area contributed by atoms with Crippen LogP contribution in [-0.2, 0) is 14.2 Å². The van der Waals surface area contributed by atoms with E-state index in [0.717, 1.165) is 22.3 Å². The Hall–Kier alpha value is -3.18. The molecule has 3 rings (SSSR count). The zero-order valence-electron chi connectivity index (χ0n) is 19.4. The van der Waals surface area contributed by atoms with Crippen molar-refractivity contribution in [3.8, 4) is 0 Å². The number of aliphatic hydroxyl groups excluding tert-OH is 3. The van der Waals surface area contributed by atoms with Gasteiger partial charge < -0.3 is 29.5 Å². The summed E-state index contributed by atoms with van der Waals surface area (Å²) in [5.41, 5.74) is 4.60. The van der Waals surface area contributed by atoms with Crippen molar-refractivity contribution < 1.29 is 39.1 Å². The molecule has 10 nitrogen and oxygen atoms in total. The van der Waals surface area contributed by atoms with Crippen LogP contribution in [0.5, 0.6) is 0 Å². The van der Waals surface area contributed by atoms with Gasteiger partial charge in [0.05, 0.1) is 6.61 Å². The van der Waals surface area contributed by atoms with Crippen LogP contribution >= 0.6 is 0 Å². The summed E-state index contributed by atoms with van der Waals surface area (Å²) >= 11 is 0. The van der Waals surface area contributed by atoms with E-state index in [-0.39, 0.29) is 0 Å². The Morgan fingerprint density at radius 3 is 1.62 bits per heavy atom. The van der Waals surface area contributed by atoms with Gasteiger partial charge in [-0.2, -0.15) is 0 Å². The Bertz CT molecular complexity index is 1000. The third-order valence-electron chi connectivity index (χ3n) is 5.24. The highest BCUT2D eigenvalue weighted by molar-refractivity contribution is 5.86. The number of benzene rings is 2. The molecular formula is C24H30N2O8. The van der Waals surface area contributed by atoms with Crippen molar-refractivity contribution >= 4 is 23.6 Å². The molecule has 2 aromatic rings. The monoisotopic (exact) mass is 474 g/mol. The summed E-state index contributed by atoms with van der Waals surface area (Å²) in [5, 5.41) is 35.5. The number of hydrogen-bond acceptors (Lipinski definition) is 8. The highest BCUT2D eigenvalue weighted by atomic mass is 16.7. The van der Waals surface area contributed by atoms with E-state index in [1.807, 2.05) is 39.8 Å². The number of nitrogens with one attached hydrogen (secondary N) is 2. The van der Waals surface area contributed by atoms with Crippen LogP contribution in [0.3, 0.4) is 0 Å². The summed E-state index contributed by atoms with van der Waals surface area (Å²) in [4.78, 5) is 25.1. The van der Waals surface area contributed by atoms with Crippen molar-refractivity contribution in [2.24, 2.45) is 0 Å². The van der Waals surface area contributed by atoms with Crippen LogP contribution in [0.1, 0.15) is 22.3 Å². The molecule has 1 fully saturated rings. The van der Waals surface area contributed by atoms with Gasteiger partial charge in [0.15, 0.2) is 18.5 Å². The summed E-state index contributed by atoms with van der Waals surface area (Å²) in [7, 11) is 0. The first-order valence-electron chi connectivity index (χ1n) is 10.8. The van der Waals surface area contributed by atoms with Gasteiger partial charge in [0, 0.05) is 11.4 Å². The van der Waals surface area contributed by atoms with Gasteiger partial charge in [0.2, 0.25) is 0 Å². The molecule has 1 aliphatic rings. The zero-order chi connectivity index (χ0) is 25.0. The summed E-state index contributed by atoms with van der Waals surface area (Å²) in [5.74, 6) is 0. The van der Waals surface area contributed by atoms with Gasteiger partial charge in [-0.15, -0.1) is 0 Å². The maximum Gasteiger partial charge on any atom is 0.412 e. The van der Waals surface area contributed by atoms with E-state index in [0.29, 0.717) is 11.4 Å². The summed E-state index contributed by atoms with van der Waals surface area (Å²) in [6, 6.07) is 10.8. The molecule has 10 heteroatoms. The first kappa shape index (κ1) is 25.4. The van der Waals surface area contributed by atoms with Gasteiger partial charge in [0.25, 0.3) is 0 Å². The Labute approximate surface area is 197 Å². The van der Waals surface area contributed by atoms with Gasteiger partial charge in [-0.25, -0.2) is 9.59 Å². The van der Waals surface area contributed by atoms with Crippen LogP contribution < -0.4 is 10.6 Å².